The third kappa shape index (κ3) is 1.72. The third-order valence-corrected chi connectivity index (χ3v) is 4.19. The van der Waals surface area contributed by atoms with Gasteiger partial charge in [0.05, 0.1) is 16.9 Å². The van der Waals surface area contributed by atoms with Crippen LogP contribution in [-0.2, 0) is 12.8 Å². The molecular formula is C18H16N2. The molecule has 0 bridgehead atoms. The molecule has 98 valence electrons. The van der Waals surface area contributed by atoms with Crippen molar-refractivity contribution in [2.75, 3.05) is 0 Å². The molecular weight excluding hydrogens is 244 g/mol. The zero-order valence-electron chi connectivity index (χ0n) is 11.6. The van der Waals surface area contributed by atoms with E-state index in [1.165, 1.54) is 40.4 Å². The van der Waals surface area contributed by atoms with Crippen LogP contribution in [0.2, 0.25) is 0 Å². The molecule has 3 aromatic rings. The Bertz CT molecular complexity index is 791. The Hall–Kier alpha value is -2.22. The van der Waals surface area contributed by atoms with E-state index in [2.05, 4.69) is 30.1 Å². The first-order chi connectivity index (χ1) is 9.83. The van der Waals surface area contributed by atoms with E-state index >= 15 is 0 Å². The highest BCUT2D eigenvalue weighted by molar-refractivity contribution is 5.88. The maximum Gasteiger partial charge on any atom is 0.0896 e. The number of hydrogen-bond donors (Lipinski definition) is 0. The zero-order valence-corrected chi connectivity index (χ0v) is 11.6. The van der Waals surface area contributed by atoms with Gasteiger partial charge in [0, 0.05) is 11.6 Å². The van der Waals surface area contributed by atoms with Gasteiger partial charge < -0.3 is 0 Å². The van der Waals surface area contributed by atoms with E-state index in [1.807, 2.05) is 24.4 Å². The average molecular weight is 260 g/mol. The lowest BCUT2D eigenvalue weighted by Gasteiger charge is -2.10. The summed E-state index contributed by atoms with van der Waals surface area (Å²) >= 11 is 0. The van der Waals surface area contributed by atoms with Gasteiger partial charge >= 0.3 is 0 Å². The van der Waals surface area contributed by atoms with Gasteiger partial charge in [-0.1, -0.05) is 18.2 Å². The van der Waals surface area contributed by atoms with Crippen molar-refractivity contribution in [3.63, 3.8) is 0 Å². The van der Waals surface area contributed by atoms with Crippen LogP contribution in [-0.4, -0.2) is 9.97 Å². The highest BCUT2D eigenvalue weighted by Crippen LogP contribution is 2.32. The van der Waals surface area contributed by atoms with Crippen molar-refractivity contribution in [2.24, 2.45) is 0 Å². The van der Waals surface area contributed by atoms with Gasteiger partial charge in [-0.2, -0.15) is 0 Å². The first-order valence-electron chi connectivity index (χ1n) is 7.16. The SMILES string of the molecule is Cc1cc(-c2ccccn2)nc2c3c(ccc12)CCC3. The van der Waals surface area contributed by atoms with Gasteiger partial charge in [-0.15, -0.1) is 0 Å². The van der Waals surface area contributed by atoms with E-state index in [0.717, 1.165) is 17.8 Å². The third-order valence-electron chi connectivity index (χ3n) is 4.19. The van der Waals surface area contributed by atoms with Crippen molar-refractivity contribution in [3.05, 3.63) is 59.3 Å². The van der Waals surface area contributed by atoms with Crippen LogP contribution >= 0.6 is 0 Å². The average Bonchev–Trinajstić information content (AvgIpc) is 2.97. The number of nitrogens with zero attached hydrogens (tertiary/aromatic N) is 2. The lowest BCUT2D eigenvalue weighted by molar-refractivity contribution is 0.913. The van der Waals surface area contributed by atoms with E-state index in [-0.39, 0.29) is 0 Å². The molecule has 0 spiro atoms. The summed E-state index contributed by atoms with van der Waals surface area (Å²) in [6, 6.07) is 12.6. The fraction of sp³-hybridized carbons (Fsp3) is 0.222. The lowest BCUT2D eigenvalue weighted by Crippen LogP contribution is -1.94. The summed E-state index contributed by atoms with van der Waals surface area (Å²) in [6.45, 7) is 2.16. The van der Waals surface area contributed by atoms with Crippen LogP contribution in [0, 0.1) is 6.92 Å². The number of aryl methyl sites for hydroxylation is 3. The summed E-state index contributed by atoms with van der Waals surface area (Å²) in [5, 5.41) is 1.28. The summed E-state index contributed by atoms with van der Waals surface area (Å²) in [5.41, 5.74) is 7.32. The highest BCUT2D eigenvalue weighted by atomic mass is 14.8. The Morgan fingerprint density at radius 3 is 2.80 bits per heavy atom. The smallest absolute Gasteiger partial charge is 0.0896 e. The molecule has 1 aliphatic carbocycles. The second-order valence-corrected chi connectivity index (χ2v) is 5.49. The van der Waals surface area contributed by atoms with Gasteiger partial charge in [-0.05, 0) is 61.1 Å². The zero-order chi connectivity index (χ0) is 13.5. The molecule has 1 aliphatic rings. The van der Waals surface area contributed by atoms with Gasteiger partial charge in [-0.25, -0.2) is 4.98 Å². The fourth-order valence-corrected chi connectivity index (χ4v) is 3.17. The molecule has 2 nitrogen and oxygen atoms in total. The summed E-state index contributed by atoms with van der Waals surface area (Å²) in [6.07, 6.45) is 5.43. The standard InChI is InChI=1S/C18H16N2/c1-12-11-17(16-7-2-3-10-19-16)20-18-14(12)9-8-13-5-4-6-15(13)18/h2-3,7-11H,4-6H2,1H3. The molecule has 1 aromatic carbocycles. The Labute approximate surface area is 118 Å². The number of pyridine rings is 2. The van der Waals surface area contributed by atoms with Crippen molar-refractivity contribution < 1.29 is 0 Å². The van der Waals surface area contributed by atoms with Crippen molar-refractivity contribution in [1.29, 1.82) is 0 Å². The molecule has 0 radical (unpaired) electrons. The van der Waals surface area contributed by atoms with E-state index in [4.69, 9.17) is 4.98 Å². The van der Waals surface area contributed by atoms with Gasteiger partial charge in [0.1, 0.15) is 0 Å². The molecule has 0 saturated carbocycles. The lowest BCUT2D eigenvalue weighted by atomic mass is 10.0. The number of fused-ring (bicyclic) bond motifs is 3. The maximum absolute atomic E-state index is 4.92. The summed E-state index contributed by atoms with van der Waals surface area (Å²) in [4.78, 5) is 9.34. The molecule has 0 saturated heterocycles. The molecule has 2 heteroatoms. The van der Waals surface area contributed by atoms with Crippen molar-refractivity contribution in [3.8, 4) is 11.4 Å². The Morgan fingerprint density at radius 1 is 1.00 bits per heavy atom. The summed E-state index contributed by atoms with van der Waals surface area (Å²) in [7, 11) is 0. The molecule has 2 heterocycles. The summed E-state index contributed by atoms with van der Waals surface area (Å²) in [5.74, 6) is 0. The maximum atomic E-state index is 4.92. The van der Waals surface area contributed by atoms with Crippen LogP contribution in [0.1, 0.15) is 23.1 Å². The van der Waals surface area contributed by atoms with Crippen LogP contribution in [0.15, 0.2) is 42.6 Å². The normalized spacial score (nSPS) is 13.7. The van der Waals surface area contributed by atoms with Crippen molar-refractivity contribution in [1.82, 2.24) is 9.97 Å². The quantitative estimate of drug-likeness (QED) is 0.658. The fourth-order valence-electron chi connectivity index (χ4n) is 3.17. The molecule has 20 heavy (non-hydrogen) atoms. The van der Waals surface area contributed by atoms with Crippen molar-refractivity contribution >= 4 is 10.9 Å². The number of benzene rings is 1. The van der Waals surface area contributed by atoms with Crippen LogP contribution < -0.4 is 0 Å². The molecule has 2 aromatic heterocycles. The minimum Gasteiger partial charge on any atom is -0.255 e. The minimum atomic E-state index is 0.952. The molecule has 0 N–H and O–H groups in total. The minimum absolute atomic E-state index is 0.952. The predicted octanol–water partition coefficient (Wildman–Crippen LogP) is 4.09. The van der Waals surface area contributed by atoms with Gasteiger partial charge in [0.25, 0.3) is 0 Å². The van der Waals surface area contributed by atoms with Crippen LogP contribution in [0.3, 0.4) is 0 Å². The van der Waals surface area contributed by atoms with Gasteiger partial charge in [-0.3, -0.25) is 4.98 Å². The largest absolute Gasteiger partial charge is 0.255 e. The van der Waals surface area contributed by atoms with Crippen LogP contribution in [0.5, 0.6) is 0 Å². The van der Waals surface area contributed by atoms with E-state index in [1.54, 1.807) is 0 Å². The number of rotatable bonds is 1. The Kier molecular flexibility index (Phi) is 2.56. The molecule has 0 unspecified atom stereocenters. The Morgan fingerprint density at radius 2 is 1.95 bits per heavy atom. The van der Waals surface area contributed by atoms with Crippen LogP contribution in [0.25, 0.3) is 22.3 Å². The monoisotopic (exact) mass is 260 g/mol. The second kappa shape index (κ2) is 4.41. The van der Waals surface area contributed by atoms with E-state index in [0.29, 0.717) is 0 Å². The van der Waals surface area contributed by atoms with Gasteiger partial charge in [0.15, 0.2) is 0 Å². The predicted molar refractivity (Wildman–Crippen MR) is 81.7 cm³/mol. The van der Waals surface area contributed by atoms with Crippen molar-refractivity contribution in [2.45, 2.75) is 26.2 Å². The number of hydrogen-bond acceptors (Lipinski definition) is 2. The van der Waals surface area contributed by atoms with Gasteiger partial charge in [0.2, 0.25) is 0 Å². The first-order valence-corrected chi connectivity index (χ1v) is 7.16. The molecule has 0 aliphatic heterocycles. The molecule has 0 fully saturated rings. The molecule has 0 amide bonds. The van der Waals surface area contributed by atoms with E-state index in [9.17, 15) is 0 Å². The van der Waals surface area contributed by atoms with Crippen LogP contribution in [0.4, 0.5) is 0 Å². The number of aromatic nitrogens is 2. The van der Waals surface area contributed by atoms with E-state index < -0.39 is 0 Å². The second-order valence-electron chi connectivity index (χ2n) is 5.49. The first kappa shape index (κ1) is 11.6. The molecule has 4 rings (SSSR count). The summed E-state index contributed by atoms with van der Waals surface area (Å²) < 4.78 is 0. The Balaban J connectivity index is 2.02. The highest BCUT2D eigenvalue weighted by Gasteiger charge is 2.16. The topological polar surface area (TPSA) is 25.8 Å². The molecule has 0 atom stereocenters.